The van der Waals surface area contributed by atoms with Crippen molar-refractivity contribution in [1.29, 1.82) is 0 Å². The molecule has 0 atom stereocenters. The van der Waals surface area contributed by atoms with E-state index in [0.29, 0.717) is 11.0 Å². The van der Waals surface area contributed by atoms with Crippen LogP contribution in [0.15, 0.2) is 12.3 Å². The molecule has 2 aromatic heterocycles. The normalized spacial score (nSPS) is 10.7. The zero-order chi connectivity index (χ0) is 10.3. The highest BCUT2D eigenvalue weighted by Gasteiger charge is 2.12. The van der Waals surface area contributed by atoms with Crippen LogP contribution >= 0.6 is 0 Å². The molecule has 1 amide bonds. The smallest absolute Gasteiger partial charge is 0.251 e. The summed E-state index contributed by atoms with van der Waals surface area (Å²) >= 11 is 0. The van der Waals surface area contributed by atoms with Crippen LogP contribution in [0.25, 0.3) is 11.0 Å². The molecule has 0 saturated carbocycles. The highest BCUT2D eigenvalue weighted by Crippen LogP contribution is 2.19. The Balaban J connectivity index is 2.88. The lowest BCUT2D eigenvalue weighted by atomic mass is 10.2. The molecule has 0 aliphatic heterocycles. The number of rotatable bonds is 1. The summed E-state index contributed by atoms with van der Waals surface area (Å²) in [5.74, 6) is -1.37. The van der Waals surface area contributed by atoms with Gasteiger partial charge in [-0.1, -0.05) is 0 Å². The number of H-pyrrole nitrogens is 1. The van der Waals surface area contributed by atoms with Gasteiger partial charge in [-0.25, -0.2) is 4.98 Å². The fourth-order valence-electron chi connectivity index (χ4n) is 1.39. The molecule has 0 aromatic carbocycles. The fourth-order valence-corrected chi connectivity index (χ4v) is 1.39. The van der Waals surface area contributed by atoms with Crippen molar-refractivity contribution in [3.63, 3.8) is 0 Å². The van der Waals surface area contributed by atoms with E-state index < -0.39 is 11.9 Å². The van der Waals surface area contributed by atoms with Crippen molar-refractivity contribution in [3.05, 3.63) is 29.3 Å². The maximum Gasteiger partial charge on any atom is 0.251 e. The van der Waals surface area contributed by atoms with E-state index >= 15 is 0 Å². The molecule has 0 saturated heterocycles. The average Bonchev–Trinajstić information content (AvgIpc) is 2.47. The Morgan fingerprint density at radius 1 is 1.64 bits per heavy atom. The topological polar surface area (TPSA) is 71.8 Å². The fraction of sp³-hybridized carbons (Fsp3) is 0.111. The van der Waals surface area contributed by atoms with Crippen LogP contribution < -0.4 is 5.73 Å². The second-order valence-corrected chi connectivity index (χ2v) is 3.05. The number of halogens is 1. The third kappa shape index (κ3) is 1.14. The number of fused-ring (bicyclic) bond motifs is 1. The largest absolute Gasteiger partial charge is 0.366 e. The van der Waals surface area contributed by atoms with Crippen molar-refractivity contribution in [2.45, 2.75) is 6.92 Å². The third-order valence-corrected chi connectivity index (χ3v) is 2.06. The van der Waals surface area contributed by atoms with E-state index in [1.54, 1.807) is 13.1 Å². The lowest BCUT2D eigenvalue weighted by Gasteiger charge is -1.98. The molecule has 4 nitrogen and oxygen atoms in total. The SMILES string of the molecule is Cc1c[nH]c2c(C(N)=O)cc(F)nc12. The lowest BCUT2D eigenvalue weighted by Crippen LogP contribution is -2.12. The van der Waals surface area contributed by atoms with E-state index in [1.165, 1.54) is 0 Å². The van der Waals surface area contributed by atoms with Gasteiger partial charge in [-0.2, -0.15) is 4.39 Å². The van der Waals surface area contributed by atoms with Crippen LogP contribution in [0.1, 0.15) is 15.9 Å². The Kier molecular flexibility index (Phi) is 1.73. The van der Waals surface area contributed by atoms with Crippen molar-refractivity contribution in [2.75, 3.05) is 0 Å². The van der Waals surface area contributed by atoms with Crippen LogP contribution in [0.4, 0.5) is 4.39 Å². The van der Waals surface area contributed by atoms with Crippen LogP contribution in [0.3, 0.4) is 0 Å². The minimum Gasteiger partial charge on any atom is -0.366 e. The first-order valence-corrected chi connectivity index (χ1v) is 4.03. The quantitative estimate of drug-likeness (QED) is 0.666. The summed E-state index contributed by atoms with van der Waals surface area (Å²) in [6.07, 6.45) is 1.66. The first-order chi connectivity index (χ1) is 6.59. The number of carbonyl (C=O) groups excluding carboxylic acids is 1. The van der Waals surface area contributed by atoms with Crippen molar-refractivity contribution in [1.82, 2.24) is 9.97 Å². The molecular weight excluding hydrogens is 185 g/mol. The van der Waals surface area contributed by atoms with E-state index in [2.05, 4.69) is 9.97 Å². The highest BCUT2D eigenvalue weighted by atomic mass is 19.1. The van der Waals surface area contributed by atoms with E-state index in [0.717, 1.165) is 11.6 Å². The third-order valence-electron chi connectivity index (χ3n) is 2.06. The molecule has 0 bridgehead atoms. The van der Waals surface area contributed by atoms with Gasteiger partial charge in [0, 0.05) is 12.3 Å². The number of nitrogens with two attached hydrogens (primary N) is 1. The molecule has 0 aliphatic rings. The number of pyridine rings is 1. The average molecular weight is 193 g/mol. The maximum atomic E-state index is 13.0. The second kappa shape index (κ2) is 2.80. The summed E-state index contributed by atoms with van der Waals surface area (Å²) in [5, 5.41) is 0. The second-order valence-electron chi connectivity index (χ2n) is 3.05. The van der Waals surface area contributed by atoms with Gasteiger partial charge in [0.15, 0.2) is 0 Å². The van der Waals surface area contributed by atoms with Crippen molar-refractivity contribution >= 4 is 16.9 Å². The predicted octanol–water partition coefficient (Wildman–Crippen LogP) is 1.11. The molecule has 3 N–H and O–H groups in total. The van der Waals surface area contributed by atoms with E-state index in [1.807, 2.05) is 0 Å². The monoisotopic (exact) mass is 193 g/mol. The van der Waals surface area contributed by atoms with Gasteiger partial charge in [0.1, 0.15) is 0 Å². The lowest BCUT2D eigenvalue weighted by molar-refractivity contribution is 0.100. The first-order valence-electron chi connectivity index (χ1n) is 4.03. The number of aromatic nitrogens is 2. The Labute approximate surface area is 78.9 Å². The van der Waals surface area contributed by atoms with Crippen molar-refractivity contribution in [2.24, 2.45) is 5.73 Å². The number of nitrogens with one attached hydrogen (secondary N) is 1. The van der Waals surface area contributed by atoms with Gasteiger partial charge in [-0.3, -0.25) is 4.79 Å². The van der Waals surface area contributed by atoms with Gasteiger partial charge in [0.05, 0.1) is 16.6 Å². The summed E-state index contributed by atoms with van der Waals surface area (Å²) in [7, 11) is 0. The Morgan fingerprint density at radius 2 is 2.36 bits per heavy atom. The summed E-state index contributed by atoms with van der Waals surface area (Å²) < 4.78 is 13.0. The van der Waals surface area contributed by atoms with Gasteiger partial charge < -0.3 is 10.7 Å². The first kappa shape index (κ1) is 8.68. The molecule has 2 aromatic rings. The summed E-state index contributed by atoms with van der Waals surface area (Å²) in [6.45, 7) is 1.77. The van der Waals surface area contributed by atoms with Gasteiger partial charge in [-0.05, 0) is 12.5 Å². The van der Waals surface area contributed by atoms with Gasteiger partial charge in [-0.15, -0.1) is 0 Å². The molecule has 2 rings (SSSR count). The number of primary amides is 1. The number of hydrogen-bond donors (Lipinski definition) is 2. The molecule has 2 heterocycles. The standard InChI is InChI=1S/C9H8FN3O/c1-4-3-12-8-5(9(11)14)2-6(10)13-7(4)8/h2-3,12H,1H3,(H2,11,14). The van der Waals surface area contributed by atoms with Crippen LogP contribution in [0, 0.1) is 12.9 Å². The van der Waals surface area contributed by atoms with Crippen LogP contribution in [0.5, 0.6) is 0 Å². The molecule has 0 radical (unpaired) electrons. The summed E-state index contributed by atoms with van der Waals surface area (Å²) in [4.78, 5) is 17.5. The van der Waals surface area contributed by atoms with Gasteiger partial charge in [0.2, 0.25) is 5.95 Å². The number of carbonyl (C=O) groups is 1. The van der Waals surface area contributed by atoms with Crippen LogP contribution in [-0.4, -0.2) is 15.9 Å². The summed E-state index contributed by atoms with van der Waals surface area (Å²) in [6, 6.07) is 1.03. The molecule has 0 spiro atoms. The van der Waals surface area contributed by atoms with Crippen molar-refractivity contribution in [3.8, 4) is 0 Å². The number of aromatic amines is 1. The molecule has 14 heavy (non-hydrogen) atoms. The predicted molar refractivity (Wildman–Crippen MR) is 49.3 cm³/mol. The Hall–Kier alpha value is -1.91. The van der Waals surface area contributed by atoms with Crippen LogP contribution in [-0.2, 0) is 0 Å². The Morgan fingerprint density at radius 3 is 3.00 bits per heavy atom. The molecule has 0 fully saturated rings. The molecule has 5 heteroatoms. The molecular formula is C9H8FN3O. The molecule has 0 unspecified atom stereocenters. The number of aryl methyl sites for hydroxylation is 1. The van der Waals surface area contributed by atoms with Crippen molar-refractivity contribution < 1.29 is 9.18 Å². The van der Waals surface area contributed by atoms with E-state index in [-0.39, 0.29) is 5.56 Å². The van der Waals surface area contributed by atoms with Gasteiger partial charge in [0.25, 0.3) is 5.91 Å². The minimum atomic E-state index is -0.700. The van der Waals surface area contributed by atoms with Gasteiger partial charge >= 0.3 is 0 Å². The number of amides is 1. The van der Waals surface area contributed by atoms with Crippen LogP contribution in [0.2, 0.25) is 0 Å². The molecule has 72 valence electrons. The summed E-state index contributed by atoms with van der Waals surface area (Å²) in [5.41, 5.74) is 6.94. The number of nitrogens with zero attached hydrogens (tertiary/aromatic N) is 1. The van der Waals surface area contributed by atoms with E-state index in [4.69, 9.17) is 5.73 Å². The maximum absolute atomic E-state index is 13.0. The Bertz CT molecular complexity index is 518. The van der Waals surface area contributed by atoms with E-state index in [9.17, 15) is 9.18 Å². The highest BCUT2D eigenvalue weighted by molar-refractivity contribution is 6.04. The zero-order valence-electron chi connectivity index (χ0n) is 7.47. The number of hydrogen-bond acceptors (Lipinski definition) is 2. The zero-order valence-corrected chi connectivity index (χ0v) is 7.47. The molecule has 0 aliphatic carbocycles. The minimum absolute atomic E-state index is 0.126.